The average Bonchev–Trinajstić information content (AvgIpc) is 3.27. The molecular formula is C32H42N2O6Si. The largest absolute Gasteiger partial charge is 0.491 e. The summed E-state index contributed by atoms with van der Waals surface area (Å²) in [6.45, 7) is 6.50. The lowest BCUT2D eigenvalue weighted by molar-refractivity contribution is -0.135. The first-order valence-corrected chi connectivity index (χ1v) is 17.3. The molecule has 3 aromatic rings. The van der Waals surface area contributed by atoms with E-state index in [2.05, 4.69) is 6.92 Å². The van der Waals surface area contributed by atoms with Crippen LogP contribution in [-0.4, -0.2) is 66.1 Å². The van der Waals surface area contributed by atoms with Crippen LogP contribution in [0.5, 0.6) is 5.75 Å². The molecule has 1 saturated heterocycles. The van der Waals surface area contributed by atoms with E-state index in [0.717, 1.165) is 29.7 Å². The Kier molecular flexibility index (Phi) is 10.2. The molecular weight excluding hydrogens is 536 g/mol. The third-order valence-corrected chi connectivity index (χ3v) is 10.6. The molecule has 0 radical (unpaired) electrons. The summed E-state index contributed by atoms with van der Waals surface area (Å²) in [5.74, 6) is 0.291. The summed E-state index contributed by atoms with van der Waals surface area (Å²) < 4.78 is 13.3. The molecule has 9 heteroatoms. The molecule has 220 valence electrons. The summed E-state index contributed by atoms with van der Waals surface area (Å²) in [6.07, 6.45) is 2.86. The quantitative estimate of drug-likeness (QED) is 0.313. The second-order valence-corrected chi connectivity index (χ2v) is 15.4. The topological polar surface area (TPSA) is 101 Å². The zero-order valence-electron chi connectivity index (χ0n) is 24.4. The van der Waals surface area contributed by atoms with Crippen LogP contribution < -0.4 is 10.3 Å². The molecule has 0 aliphatic carbocycles. The van der Waals surface area contributed by atoms with Crippen LogP contribution in [0.3, 0.4) is 0 Å². The van der Waals surface area contributed by atoms with Gasteiger partial charge in [-0.1, -0.05) is 49.4 Å². The summed E-state index contributed by atoms with van der Waals surface area (Å²) in [5, 5.41) is 9.62. The van der Waals surface area contributed by atoms with E-state index in [-0.39, 0.29) is 60.5 Å². The van der Waals surface area contributed by atoms with Crippen molar-refractivity contribution in [3.05, 3.63) is 94.4 Å². The number of nitrogens with zero attached hydrogens (tertiary/aromatic N) is 2. The van der Waals surface area contributed by atoms with Crippen LogP contribution in [0.25, 0.3) is 5.69 Å². The minimum atomic E-state index is -2.66. The molecule has 0 bridgehead atoms. The number of rotatable bonds is 12. The van der Waals surface area contributed by atoms with E-state index in [0.29, 0.717) is 6.54 Å². The maximum absolute atomic E-state index is 13.4. The molecule has 0 saturated carbocycles. The summed E-state index contributed by atoms with van der Waals surface area (Å²) in [4.78, 5) is 39.1. The van der Waals surface area contributed by atoms with Gasteiger partial charge < -0.3 is 24.3 Å². The van der Waals surface area contributed by atoms with Gasteiger partial charge in [-0.3, -0.25) is 14.2 Å². The molecule has 8 nitrogen and oxygen atoms in total. The number of aromatic nitrogens is 1. The van der Waals surface area contributed by atoms with Gasteiger partial charge in [-0.2, -0.15) is 0 Å². The van der Waals surface area contributed by atoms with Crippen molar-refractivity contribution in [1.82, 2.24) is 9.47 Å². The van der Waals surface area contributed by atoms with Crippen molar-refractivity contribution in [3.8, 4) is 11.4 Å². The predicted molar refractivity (Wildman–Crippen MR) is 162 cm³/mol. The van der Waals surface area contributed by atoms with Crippen LogP contribution in [0.4, 0.5) is 0 Å². The Morgan fingerprint density at radius 2 is 1.78 bits per heavy atom. The van der Waals surface area contributed by atoms with Crippen LogP contribution in [0.2, 0.25) is 18.6 Å². The fraction of sp³-hybridized carbons (Fsp3) is 0.438. The van der Waals surface area contributed by atoms with E-state index in [1.165, 1.54) is 7.11 Å². The van der Waals surface area contributed by atoms with E-state index < -0.39 is 8.32 Å². The third kappa shape index (κ3) is 7.54. The molecule has 1 aromatic heterocycles. The van der Waals surface area contributed by atoms with Crippen molar-refractivity contribution in [2.24, 2.45) is 5.92 Å². The maximum atomic E-state index is 13.4. The fourth-order valence-corrected chi connectivity index (χ4v) is 8.74. The number of amides is 1. The van der Waals surface area contributed by atoms with Crippen LogP contribution in [0, 0.1) is 5.92 Å². The summed E-state index contributed by atoms with van der Waals surface area (Å²) >= 11 is 0. The van der Waals surface area contributed by atoms with Gasteiger partial charge >= 0.3 is 0 Å². The van der Waals surface area contributed by atoms with E-state index in [4.69, 9.17) is 9.47 Å². The lowest BCUT2D eigenvalue weighted by Gasteiger charge is -2.31. The zero-order valence-corrected chi connectivity index (χ0v) is 25.4. The summed E-state index contributed by atoms with van der Waals surface area (Å²) in [7, 11) is -1.17. The van der Waals surface area contributed by atoms with Gasteiger partial charge in [0.05, 0.1) is 32.3 Å². The van der Waals surface area contributed by atoms with Crippen molar-refractivity contribution in [2.75, 3.05) is 20.3 Å². The molecule has 4 atom stereocenters. The van der Waals surface area contributed by atoms with Crippen LogP contribution in [0.1, 0.15) is 30.9 Å². The van der Waals surface area contributed by atoms with Gasteiger partial charge in [-0.15, -0.1) is 0 Å². The van der Waals surface area contributed by atoms with Gasteiger partial charge in [0, 0.05) is 30.5 Å². The first-order valence-electron chi connectivity index (χ1n) is 14.3. The van der Waals surface area contributed by atoms with Crippen LogP contribution in [0.15, 0.2) is 77.7 Å². The van der Waals surface area contributed by atoms with Crippen molar-refractivity contribution < 1.29 is 24.2 Å². The Morgan fingerprint density at radius 3 is 2.46 bits per heavy atom. The SMILES string of the molecule is COc1cccn(-c2cccc(CC[C@@H]3O[C@H](CC(=O)N(CCO)Cc4ccccc4)[C@@H]([Si](C)(C)O)[C@@H]3C)c2)c1=O. The molecule has 2 aromatic carbocycles. The molecule has 1 aliphatic heterocycles. The molecule has 0 spiro atoms. The first kappa shape index (κ1) is 30.7. The van der Waals surface area contributed by atoms with Gasteiger partial charge in [0.1, 0.15) is 0 Å². The standard InChI is InChI=1S/C32H42N2O6Si/c1-23-27(16-15-24-12-8-13-26(20-24)34-17-9-14-28(39-2)32(34)37)40-29(31(23)41(3,4)38)21-30(36)33(18-19-35)22-25-10-6-5-7-11-25/h5-14,17,20,23,27,29,31,35,38H,15-16,18-19,21-22H2,1-4H3/t23-,27+,29-,31+/m1/s1. The van der Waals surface area contributed by atoms with Crippen molar-refractivity contribution in [1.29, 1.82) is 0 Å². The Balaban J connectivity index is 1.46. The first-order chi connectivity index (χ1) is 19.6. The van der Waals surface area contributed by atoms with Crippen molar-refractivity contribution in [3.63, 3.8) is 0 Å². The molecule has 4 rings (SSSR count). The van der Waals surface area contributed by atoms with E-state index in [1.807, 2.05) is 67.7 Å². The Bertz CT molecular complexity index is 1360. The van der Waals surface area contributed by atoms with Crippen molar-refractivity contribution >= 4 is 14.2 Å². The van der Waals surface area contributed by atoms with Gasteiger partial charge in [-0.25, -0.2) is 0 Å². The highest BCUT2D eigenvalue weighted by molar-refractivity contribution is 6.71. The van der Waals surface area contributed by atoms with E-state index in [1.54, 1.807) is 27.8 Å². The summed E-state index contributed by atoms with van der Waals surface area (Å²) in [6, 6.07) is 21.0. The van der Waals surface area contributed by atoms with Crippen LogP contribution in [-0.2, 0) is 22.5 Å². The second-order valence-electron chi connectivity index (χ2n) is 11.4. The highest BCUT2D eigenvalue weighted by atomic mass is 28.4. The number of hydrogen-bond donors (Lipinski definition) is 2. The number of pyridine rings is 1. The molecule has 1 fully saturated rings. The normalized spacial score (nSPS) is 20.6. The van der Waals surface area contributed by atoms with Crippen LogP contribution >= 0.6 is 0 Å². The zero-order chi connectivity index (χ0) is 29.6. The number of aryl methyl sites for hydroxylation is 1. The molecule has 1 amide bonds. The van der Waals surface area contributed by atoms with Gasteiger partial charge in [0.25, 0.3) is 5.56 Å². The molecule has 2 heterocycles. The molecule has 2 N–H and O–H groups in total. The predicted octanol–water partition coefficient (Wildman–Crippen LogP) is 4.16. The highest BCUT2D eigenvalue weighted by Gasteiger charge is 2.50. The smallest absolute Gasteiger partial charge is 0.297 e. The fourth-order valence-electron chi connectivity index (χ4n) is 6.13. The minimum Gasteiger partial charge on any atom is -0.491 e. The third-order valence-electron chi connectivity index (χ3n) is 8.07. The number of aliphatic hydroxyl groups is 1. The Hall–Kier alpha value is -3.24. The van der Waals surface area contributed by atoms with Gasteiger partial charge in [-0.05, 0) is 67.2 Å². The number of methoxy groups -OCH3 is 1. The van der Waals surface area contributed by atoms with E-state index >= 15 is 0 Å². The number of ether oxygens (including phenoxy) is 2. The van der Waals surface area contributed by atoms with Gasteiger partial charge in [0.15, 0.2) is 14.1 Å². The maximum Gasteiger partial charge on any atom is 0.297 e. The number of benzene rings is 2. The number of aliphatic hydroxyl groups excluding tert-OH is 1. The Labute approximate surface area is 243 Å². The lowest BCUT2D eigenvalue weighted by atomic mass is 9.95. The lowest BCUT2D eigenvalue weighted by Crippen LogP contribution is -2.42. The highest BCUT2D eigenvalue weighted by Crippen LogP contribution is 2.45. The van der Waals surface area contributed by atoms with Crippen molar-refractivity contribution in [2.45, 2.75) is 63.6 Å². The number of hydrogen-bond acceptors (Lipinski definition) is 6. The number of carbonyl (C=O) groups is 1. The minimum absolute atomic E-state index is 0.0829. The van der Waals surface area contributed by atoms with E-state index in [9.17, 15) is 19.5 Å². The monoisotopic (exact) mass is 578 g/mol. The average molecular weight is 579 g/mol. The number of carbonyl (C=O) groups excluding carboxylic acids is 1. The Morgan fingerprint density at radius 1 is 1.05 bits per heavy atom. The molecule has 41 heavy (non-hydrogen) atoms. The summed E-state index contributed by atoms with van der Waals surface area (Å²) in [5.41, 5.74) is 2.53. The molecule has 0 unspecified atom stereocenters. The second kappa shape index (κ2) is 13.6. The molecule has 1 aliphatic rings. The van der Waals surface area contributed by atoms with Gasteiger partial charge in [0.2, 0.25) is 5.91 Å².